The zero-order chi connectivity index (χ0) is 14.7. The first kappa shape index (κ1) is 13.7. The van der Waals surface area contributed by atoms with Crippen molar-refractivity contribution < 1.29 is 4.74 Å². The molecule has 2 aromatic rings. The van der Waals surface area contributed by atoms with Crippen molar-refractivity contribution in [1.82, 2.24) is 5.43 Å². The fourth-order valence-electron chi connectivity index (χ4n) is 2.69. The number of nitrogens with one attached hydrogen (secondary N) is 1. The number of aryl methyl sites for hydroxylation is 1. The Morgan fingerprint density at radius 3 is 2.43 bits per heavy atom. The normalized spacial score (nSPS) is 17.2. The van der Waals surface area contributed by atoms with Crippen molar-refractivity contribution in [1.29, 1.82) is 0 Å². The molecule has 1 aliphatic rings. The number of benzene rings is 2. The van der Waals surface area contributed by atoms with Gasteiger partial charge in [-0.3, -0.25) is 0 Å². The predicted octanol–water partition coefficient (Wildman–Crippen LogP) is 3.35. The van der Waals surface area contributed by atoms with Crippen LogP contribution in [0.4, 0.5) is 0 Å². The van der Waals surface area contributed by atoms with E-state index in [0.717, 1.165) is 24.4 Å². The summed E-state index contributed by atoms with van der Waals surface area (Å²) in [5, 5.41) is 4.50. The molecule has 1 N–H and O–H groups in total. The molecule has 21 heavy (non-hydrogen) atoms. The topological polar surface area (TPSA) is 33.6 Å². The van der Waals surface area contributed by atoms with Crippen molar-refractivity contribution in [3.8, 4) is 5.75 Å². The third-order valence-corrected chi connectivity index (χ3v) is 4.00. The van der Waals surface area contributed by atoms with Gasteiger partial charge < -0.3 is 10.2 Å². The van der Waals surface area contributed by atoms with Crippen molar-refractivity contribution in [2.45, 2.75) is 19.3 Å². The zero-order valence-electron chi connectivity index (χ0n) is 12.5. The summed E-state index contributed by atoms with van der Waals surface area (Å²) in [5.74, 6) is 1.18. The highest BCUT2D eigenvalue weighted by Gasteiger charge is 2.24. The Bertz CT molecular complexity index is 629. The molecule has 3 heteroatoms. The fourth-order valence-corrected chi connectivity index (χ4v) is 2.69. The van der Waals surface area contributed by atoms with Gasteiger partial charge in [0.25, 0.3) is 0 Å². The summed E-state index contributed by atoms with van der Waals surface area (Å²) in [5.41, 5.74) is 8.06. The van der Waals surface area contributed by atoms with E-state index in [0.29, 0.717) is 5.92 Å². The number of hydrazone groups is 1. The lowest BCUT2D eigenvalue weighted by molar-refractivity contribution is 0.414. The van der Waals surface area contributed by atoms with Crippen LogP contribution >= 0.6 is 0 Å². The van der Waals surface area contributed by atoms with E-state index in [1.54, 1.807) is 7.11 Å². The lowest BCUT2D eigenvalue weighted by atomic mass is 9.90. The van der Waals surface area contributed by atoms with E-state index in [9.17, 15) is 0 Å². The number of methoxy groups -OCH3 is 1. The van der Waals surface area contributed by atoms with Gasteiger partial charge in [-0.1, -0.05) is 43.3 Å². The average molecular weight is 280 g/mol. The van der Waals surface area contributed by atoms with E-state index >= 15 is 0 Å². The summed E-state index contributed by atoms with van der Waals surface area (Å²) >= 11 is 0. The first-order valence-corrected chi connectivity index (χ1v) is 7.35. The Morgan fingerprint density at radius 1 is 1.10 bits per heavy atom. The molecular weight excluding hydrogens is 260 g/mol. The SMILES string of the molecule is CCc1ccc(C2=NNCC2c2ccc(OC)cc2)cc1. The van der Waals surface area contributed by atoms with Crippen molar-refractivity contribution in [3.05, 3.63) is 65.2 Å². The minimum absolute atomic E-state index is 0.295. The summed E-state index contributed by atoms with van der Waals surface area (Å²) in [4.78, 5) is 0. The van der Waals surface area contributed by atoms with E-state index in [4.69, 9.17) is 4.74 Å². The van der Waals surface area contributed by atoms with Crippen LogP contribution in [0.2, 0.25) is 0 Å². The molecule has 1 atom stereocenters. The maximum Gasteiger partial charge on any atom is 0.118 e. The molecule has 1 unspecified atom stereocenters. The molecule has 1 heterocycles. The quantitative estimate of drug-likeness (QED) is 0.932. The van der Waals surface area contributed by atoms with Gasteiger partial charge in [-0.05, 0) is 35.2 Å². The van der Waals surface area contributed by atoms with Crippen LogP contribution in [-0.4, -0.2) is 19.4 Å². The van der Waals surface area contributed by atoms with E-state index in [-0.39, 0.29) is 0 Å². The van der Waals surface area contributed by atoms with Crippen molar-refractivity contribution in [3.63, 3.8) is 0 Å². The summed E-state index contributed by atoms with van der Waals surface area (Å²) in [6.45, 7) is 3.01. The van der Waals surface area contributed by atoms with Crippen LogP contribution < -0.4 is 10.2 Å². The van der Waals surface area contributed by atoms with E-state index in [2.05, 4.69) is 53.8 Å². The number of hydrogen-bond acceptors (Lipinski definition) is 3. The fraction of sp³-hybridized carbons (Fsp3) is 0.278. The highest BCUT2D eigenvalue weighted by atomic mass is 16.5. The van der Waals surface area contributed by atoms with Crippen molar-refractivity contribution >= 4 is 5.71 Å². The maximum atomic E-state index is 5.22. The smallest absolute Gasteiger partial charge is 0.118 e. The van der Waals surface area contributed by atoms with E-state index in [1.807, 2.05) is 12.1 Å². The third kappa shape index (κ3) is 2.77. The molecule has 0 aliphatic carbocycles. The number of nitrogens with zero attached hydrogens (tertiary/aromatic N) is 1. The largest absolute Gasteiger partial charge is 0.497 e. The van der Waals surface area contributed by atoms with Gasteiger partial charge in [0.1, 0.15) is 5.75 Å². The molecule has 0 saturated carbocycles. The van der Waals surface area contributed by atoms with Crippen LogP contribution in [0, 0.1) is 0 Å². The second-order valence-corrected chi connectivity index (χ2v) is 5.24. The molecule has 3 nitrogen and oxygen atoms in total. The number of rotatable bonds is 4. The molecule has 0 aromatic heterocycles. The Kier molecular flexibility index (Phi) is 3.91. The van der Waals surface area contributed by atoms with Crippen LogP contribution in [0.15, 0.2) is 53.6 Å². The summed E-state index contributed by atoms with van der Waals surface area (Å²) in [6.07, 6.45) is 1.06. The van der Waals surface area contributed by atoms with Crippen molar-refractivity contribution in [2.75, 3.05) is 13.7 Å². The lowest BCUT2D eigenvalue weighted by Gasteiger charge is -2.13. The molecule has 2 aromatic carbocycles. The summed E-state index contributed by atoms with van der Waals surface area (Å²) < 4.78 is 5.22. The van der Waals surface area contributed by atoms with Gasteiger partial charge in [0.05, 0.1) is 12.8 Å². The third-order valence-electron chi connectivity index (χ3n) is 4.00. The van der Waals surface area contributed by atoms with Crippen LogP contribution in [0.1, 0.15) is 29.5 Å². The van der Waals surface area contributed by atoms with Crippen LogP contribution in [0.5, 0.6) is 5.75 Å². The molecule has 0 radical (unpaired) electrons. The number of hydrogen-bond donors (Lipinski definition) is 1. The summed E-state index contributed by atoms with van der Waals surface area (Å²) in [7, 11) is 1.69. The molecule has 0 spiro atoms. The zero-order valence-corrected chi connectivity index (χ0v) is 12.5. The second-order valence-electron chi connectivity index (χ2n) is 5.24. The minimum atomic E-state index is 0.295. The van der Waals surface area contributed by atoms with Gasteiger partial charge in [-0.2, -0.15) is 5.10 Å². The standard InChI is InChI=1S/C18H20N2O/c1-3-13-4-6-15(7-5-13)18-17(12-19-20-18)14-8-10-16(21-2)11-9-14/h4-11,17,19H,3,12H2,1-2H3. The Labute approximate surface area is 125 Å². The Balaban J connectivity index is 1.86. The molecule has 0 amide bonds. The number of ether oxygens (including phenoxy) is 1. The Morgan fingerprint density at radius 2 is 1.81 bits per heavy atom. The molecule has 108 valence electrons. The van der Waals surface area contributed by atoms with Gasteiger partial charge in [-0.25, -0.2) is 0 Å². The van der Waals surface area contributed by atoms with Gasteiger partial charge in [0, 0.05) is 12.5 Å². The Hall–Kier alpha value is -2.29. The molecule has 0 saturated heterocycles. The molecule has 0 bridgehead atoms. The molecule has 3 rings (SSSR count). The van der Waals surface area contributed by atoms with Crippen LogP contribution in [0.3, 0.4) is 0 Å². The van der Waals surface area contributed by atoms with Gasteiger partial charge in [0.15, 0.2) is 0 Å². The minimum Gasteiger partial charge on any atom is -0.497 e. The maximum absolute atomic E-state index is 5.22. The second kappa shape index (κ2) is 6.00. The molecule has 0 fully saturated rings. The first-order valence-electron chi connectivity index (χ1n) is 7.35. The average Bonchev–Trinajstić information content (AvgIpc) is 3.04. The van der Waals surface area contributed by atoms with Gasteiger partial charge in [-0.15, -0.1) is 0 Å². The summed E-state index contributed by atoms with van der Waals surface area (Å²) in [6, 6.07) is 16.9. The van der Waals surface area contributed by atoms with Gasteiger partial charge >= 0.3 is 0 Å². The van der Waals surface area contributed by atoms with Crippen LogP contribution in [-0.2, 0) is 6.42 Å². The molecular formula is C18H20N2O. The molecule has 1 aliphatic heterocycles. The highest BCUT2D eigenvalue weighted by molar-refractivity contribution is 6.06. The highest BCUT2D eigenvalue weighted by Crippen LogP contribution is 2.26. The predicted molar refractivity (Wildman–Crippen MR) is 86.1 cm³/mol. The first-order chi connectivity index (χ1) is 10.3. The monoisotopic (exact) mass is 280 g/mol. The van der Waals surface area contributed by atoms with E-state index < -0.39 is 0 Å². The lowest BCUT2D eigenvalue weighted by Crippen LogP contribution is -2.14. The van der Waals surface area contributed by atoms with Crippen molar-refractivity contribution in [2.24, 2.45) is 5.10 Å². The van der Waals surface area contributed by atoms with E-state index in [1.165, 1.54) is 16.7 Å². The van der Waals surface area contributed by atoms with Gasteiger partial charge in [0.2, 0.25) is 0 Å². The van der Waals surface area contributed by atoms with Crippen LogP contribution in [0.25, 0.3) is 0 Å².